The lowest BCUT2D eigenvalue weighted by atomic mass is 9.96. The van der Waals surface area contributed by atoms with Crippen LogP contribution in [0.3, 0.4) is 0 Å². The van der Waals surface area contributed by atoms with Gasteiger partial charge in [-0.25, -0.2) is 0 Å². The van der Waals surface area contributed by atoms with Gasteiger partial charge in [0.15, 0.2) is 0 Å². The van der Waals surface area contributed by atoms with E-state index < -0.39 is 0 Å². The van der Waals surface area contributed by atoms with Crippen LogP contribution in [0.25, 0.3) is 10.9 Å². The summed E-state index contributed by atoms with van der Waals surface area (Å²) >= 11 is 0. The molecule has 0 spiro atoms. The van der Waals surface area contributed by atoms with E-state index in [4.69, 9.17) is 0 Å². The molecule has 1 aromatic carbocycles. The second-order valence-electron chi connectivity index (χ2n) is 3.84. The molecule has 2 N–H and O–H groups in total. The first-order valence-electron chi connectivity index (χ1n) is 4.99. The molecular formula is C12H12NO. The maximum Gasteiger partial charge on any atom is 0.117 e. The van der Waals surface area contributed by atoms with Gasteiger partial charge in [0, 0.05) is 22.7 Å². The van der Waals surface area contributed by atoms with Gasteiger partial charge in [0.05, 0.1) is 0 Å². The SMILES string of the molecule is Oc1ccc2c3c([nH]c2c1)CC[CH]C3. The van der Waals surface area contributed by atoms with Gasteiger partial charge in [0.1, 0.15) is 5.75 Å². The van der Waals surface area contributed by atoms with Gasteiger partial charge < -0.3 is 10.1 Å². The lowest BCUT2D eigenvalue weighted by Crippen LogP contribution is -2.00. The van der Waals surface area contributed by atoms with E-state index in [0.29, 0.717) is 5.75 Å². The Morgan fingerprint density at radius 2 is 2.21 bits per heavy atom. The highest BCUT2D eigenvalue weighted by Crippen LogP contribution is 2.30. The van der Waals surface area contributed by atoms with Crippen molar-refractivity contribution in [3.05, 3.63) is 35.9 Å². The van der Waals surface area contributed by atoms with E-state index >= 15 is 0 Å². The second kappa shape index (κ2) is 2.77. The highest BCUT2D eigenvalue weighted by Gasteiger charge is 2.14. The van der Waals surface area contributed by atoms with Gasteiger partial charge in [-0.3, -0.25) is 0 Å². The first-order chi connectivity index (χ1) is 6.84. The van der Waals surface area contributed by atoms with Gasteiger partial charge in [-0.05, 0) is 43.4 Å². The summed E-state index contributed by atoms with van der Waals surface area (Å²) in [6.07, 6.45) is 5.64. The Morgan fingerprint density at radius 1 is 1.29 bits per heavy atom. The molecule has 0 fully saturated rings. The summed E-state index contributed by atoms with van der Waals surface area (Å²) in [6.45, 7) is 0. The highest BCUT2D eigenvalue weighted by atomic mass is 16.3. The molecule has 3 rings (SSSR count). The van der Waals surface area contributed by atoms with E-state index in [1.54, 1.807) is 12.1 Å². The third-order valence-corrected chi connectivity index (χ3v) is 2.93. The van der Waals surface area contributed by atoms with Crippen LogP contribution < -0.4 is 0 Å². The average molecular weight is 186 g/mol. The normalized spacial score (nSPS) is 15.7. The van der Waals surface area contributed by atoms with Crippen LogP contribution in [0.4, 0.5) is 0 Å². The molecule has 2 nitrogen and oxygen atoms in total. The molecule has 1 aliphatic carbocycles. The zero-order chi connectivity index (χ0) is 9.54. The maximum absolute atomic E-state index is 9.36. The summed E-state index contributed by atoms with van der Waals surface area (Å²) in [7, 11) is 0. The van der Waals surface area contributed by atoms with Crippen LogP contribution in [0.5, 0.6) is 5.75 Å². The quantitative estimate of drug-likeness (QED) is 0.651. The first kappa shape index (κ1) is 7.92. The number of phenols is 1. The minimum Gasteiger partial charge on any atom is -0.508 e. The summed E-state index contributed by atoms with van der Waals surface area (Å²) < 4.78 is 0. The molecule has 0 amide bonds. The lowest BCUT2D eigenvalue weighted by Gasteiger charge is -2.09. The van der Waals surface area contributed by atoms with Crippen LogP contribution in [-0.2, 0) is 12.8 Å². The van der Waals surface area contributed by atoms with Crippen LogP contribution in [-0.4, -0.2) is 10.1 Å². The molecular weight excluding hydrogens is 174 g/mol. The Hall–Kier alpha value is -1.44. The molecule has 1 aromatic heterocycles. The molecule has 0 unspecified atom stereocenters. The van der Waals surface area contributed by atoms with Crippen molar-refractivity contribution in [1.82, 2.24) is 4.98 Å². The minimum absolute atomic E-state index is 0.333. The highest BCUT2D eigenvalue weighted by molar-refractivity contribution is 5.86. The predicted octanol–water partition coefficient (Wildman–Crippen LogP) is 2.57. The van der Waals surface area contributed by atoms with Gasteiger partial charge in [-0.1, -0.05) is 0 Å². The minimum atomic E-state index is 0.333. The van der Waals surface area contributed by atoms with Gasteiger partial charge in [-0.2, -0.15) is 0 Å². The lowest BCUT2D eigenvalue weighted by molar-refractivity contribution is 0.476. The fourth-order valence-electron chi connectivity index (χ4n) is 2.24. The smallest absolute Gasteiger partial charge is 0.117 e. The largest absolute Gasteiger partial charge is 0.508 e. The van der Waals surface area contributed by atoms with Crippen LogP contribution in [0.1, 0.15) is 17.7 Å². The third-order valence-electron chi connectivity index (χ3n) is 2.93. The van der Waals surface area contributed by atoms with Crippen LogP contribution in [0, 0.1) is 6.42 Å². The monoisotopic (exact) mass is 186 g/mol. The molecule has 0 atom stereocenters. The van der Waals surface area contributed by atoms with E-state index in [2.05, 4.69) is 11.4 Å². The van der Waals surface area contributed by atoms with Gasteiger partial charge >= 0.3 is 0 Å². The van der Waals surface area contributed by atoms with Crippen molar-refractivity contribution in [2.45, 2.75) is 19.3 Å². The summed E-state index contributed by atoms with van der Waals surface area (Å²) in [4.78, 5) is 3.38. The van der Waals surface area contributed by atoms with E-state index in [1.807, 2.05) is 6.07 Å². The van der Waals surface area contributed by atoms with Gasteiger partial charge in [0.2, 0.25) is 0 Å². The van der Waals surface area contributed by atoms with Crippen molar-refractivity contribution in [1.29, 1.82) is 0 Å². The molecule has 0 aliphatic heterocycles. The number of nitrogens with one attached hydrogen (secondary N) is 1. The van der Waals surface area contributed by atoms with E-state index in [-0.39, 0.29) is 0 Å². The van der Waals surface area contributed by atoms with Crippen molar-refractivity contribution < 1.29 is 5.11 Å². The number of phenolic OH excluding ortho intramolecular Hbond substituents is 1. The van der Waals surface area contributed by atoms with Crippen molar-refractivity contribution >= 4 is 10.9 Å². The summed E-state index contributed by atoms with van der Waals surface area (Å²) in [5.41, 5.74) is 3.81. The number of rotatable bonds is 0. The zero-order valence-corrected chi connectivity index (χ0v) is 7.88. The molecule has 0 saturated heterocycles. The van der Waals surface area contributed by atoms with E-state index in [1.165, 1.54) is 16.6 Å². The first-order valence-corrected chi connectivity index (χ1v) is 4.99. The molecule has 71 valence electrons. The molecule has 0 bridgehead atoms. The number of aromatic hydroxyl groups is 1. The number of hydrogen-bond donors (Lipinski definition) is 2. The molecule has 1 heterocycles. The van der Waals surface area contributed by atoms with Crippen LogP contribution in [0.2, 0.25) is 0 Å². The number of aryl methyl sites for hydroxylation is 1. The Kier molecular flexibility index (Phi) is 1.57. The van der Waals surface area contributed by atoms with Crippen LogP contribution >= 0.6 is 0 Å². The summed E-state index contributed by atoms with van der Waals surface area (Å²) in [5.74, 6) is 0.333. The Balaban J connectivity index is 2.31. The molecule has 1 radical (unpaired) electrons. The standard InChI is InChI=1S/C12H12NO/c14-8-5-6-10-9-3-1-2-4-11(9)13-12(10)7-8/h1,5-7,13-14H,2-4H2. The topological polar surface area (TPSA) is 36.0 Å². The molecule has 1 aliphatic rings. The summed E-state index contributed by atoms with van der Waals surface area (Å²) in [6, 6.07) is 5.55. The van der Waals surface area contributed by atoms with Crippen molar-refractivity contribution in [2.75, 3.05) is 0 Å². The molecule has 2 aromatic rings. The summed E-state index contributed by atoms with van der Waals surface area (Å²) in [5, 5.41) is 10.6. The molecule has 2 heteroatoms. The number of H-pyrrole nitrogens is 1. The van der Waals surface area contributed by atoms with Crippen molar-refractivity contribution in [3.63, 3.8) is 0 Å². The third kappa shape index (κ3) is 1.03. The number of aromatic amines is 1. The van der Waals surface area contributed by atoms with Gasteiger partial charge in [0.25, 0.3) is 0 Å². The van der Waals surface area contributed by atoms with Crippen molar-refractivity contribution in [3.8, 4) is 5.75 Å². The Bertz CT molecular complexity index is 484. The van der Waals surface area contributed by atoms with Crippen LogP contribution in [0.15, 0.2) is 18.2 Å². The van der Waals surface area contributed by atoms with Gasteiger partial charge in [-0.15, -0.1) is 0 Å². The fourth-order valence-corrected chi connectivity index (χ4v) is 2.24. The van der Waals surface area contributed by atoms with Crippen molar-refractivity contribution in [2.24, 2.45) is 0 Å². The average Bonchev–Trinajstić information content (AvgIpc) is 2.54. The number of fused-ring (bicyclic) bond motifs is 3. The predicted molar refractivity (Wildman–Crippen MR) is 56.3 cm³/mol. The number of benzene rings is 1. The molecule has 0 saturated carbocycles. The maximum atomic E-state index is 9.36. The second-order valence-corrected chi connectivity index (χ2v) is 3.84. The zero-order valence-electron chi connectivity index (χ0n) is 7.88. The Morgan fingerprint density at radius 3 is 3.14 bits per heavy atom. The Labute approximate surface area is 82.6 Å². The van der Waals surface area contributed by atoms with E-state index in [9.17, 15) is 5.11 Å². The molecule has 14 heavy (non-hydrogen) atoms. The van der Waals surface area contributed by atoms with E-state index in [0.717, 1.165) is 24.8 Å². The number of hydrogen-bond acceptors (Lipinski definition) is 1. The number of aromatic nitrogens is 1. The fraction of sp³-hybridized carbons (Fsp3) is 0.250.